The fourth-order valence-electron chi connectivity index (χ4n) is 1.78. The van der Waals surface area contributed by atoms with Crippen LogP contribution in [0.1, 0.15) is 18.1 Å². The van der Waals surface area contributed by atoms with Gasteiger partial charge in [0.15, 0.2) is 11.6 Å². The molecule has 1 heterocycles. The average Bonchev–Trinajstić information content (AvgIpc) is 2.37. The van der Waals surface area contributed by atoms with Crippen LogP contribution >= 0.6 is 0 Å². The van der Waals surface area contributed by atoms with Crippen molar-refractivity contribution in [3.63, 3.8) is 0 Å². The SMILES string of the molecule is CCNc1ncc(F)c(Nc2ccc(C)cc2C)n1. The molecule has 5 heteroatoms. The Balaban J connectivity index is 2.29. The van der Waals surface area contributed by atoms with Crippen molar-refractivity contribution in [3.05, 3.63) is 41.3 Å². The monoisotopic (exact) mass is 260 g/mol. The number of rotatable bonds is 4. The molecule has 100 valence electrons. The summed E-state index contributed by atoms with van der Waals surface area (Å²) in [5.41, 5.74) is 3.05. The Bertz CT molecular complexity index is 584. The molecule has 4 nitrogen and oxygen atoms in total. The first kappa shape index (κ1) is 13.3. The topological polar surface area (TPSA) is 49.8 Å². The molecular formula is C14H17FN4. The number of anilines is 3. The van der Waals surface area contributed by atoms with E-state index < -0.39 is 5.82 Å². The molecule has 0 bridgehead atoms. The summed E-state index contributed by atoms with van der Waals surface area (Å²) >= 11 is 0. The van der Waals surface area contributed by atoms with Crippen LogP contribution in [0.3, 0.4) is 0 Å². The number of aromatic nitrogens is 2. The molecule has 0 saturated carbocycles. The van der Waals surface area contributed by atoms with Gasteiger partial charge in [-0.1, -0.05) is 17.7 Å². The first-order valence-corrected chi connectivity index (χ1v) is 6.21. The fourth-order valence-corrected chi connectivity index (χ4v) is 1.78. The lowest BCUT2D eigenvalue weighted by Crippen LogP contribution is -2.06. The molecule has 19 heavy (non-hydrogen) atoms. The third kappa shape index (κ3) is 3.19. The van der Waals surface area contributed by atoms with Crippen LogP contribution < -0.4 is 10.6 Å². The van der Waals surface area contributed by atoms with Crippen molar-refractivity contribution in [2.75, 3.05) is 17.2 Å². The minimum Gasteiger partial charge on any atom is -0.354 e. The van der Waals surface area contributed by atoms with E-state index in [1.807, 2.05) is 39.0 Å². The second-order valence-corrected chi connectivity index (χ2v) is 4.36. The molecule has 0 fully saturated rings. The van der Waals surface area contributed by atoms with Crippen LogP contribution in [-0.4, -0.2) is 16.5 Å². The number of halogens is 1. The maximum Gasteiger partial charge on any atom is 0.224 e. The van der Waals surface area contributed by atoms with E-state index in [-0.39, 0.29) is 5.82 Å². The van der Waals surface area contributed by atoms with Gasteiger partial charge < -0.3 is 10.6 Å². The second-order valence-electron chi connectivity index (χ2n) is 4.36. The average molecular weight is 260 g/mol. The lowest BCUT2D eigenvalue weighted by atomic mass is 10.1. The van der Waals surface area contributed by atoms with Crippen molar-refractivity contribution in [2.24, 2.45) is 0 Å². The Morgan fingerprint density at radius 2 is 2.05 bits per heavy atom. The zero-order valence-electron chi connectivity index (χ0n) is 11.3. The maximum atomic E-state index is 13.7. The number of nitrogens with one attached hydrogen (secondary N) is 2. The Labute approximate surface area is 112 Å². The van der Waals surface area contributed by atoms with Gasteiger partial charge in [-0.25, -0.2) is 9.37 Å². The second kappa shape index (κ2) is 5.65. The number of aryl methyl sites for hydroxylation is 2. The molecule has 0 saturated heterocycles. The predicted molar refractivity (Wildman–Crippen MR) is 75.4 cm³/mol. The van der Waals surface area contributed by atoms with Crippen LogP contribution in [0.5, 0.6) is 0 Å². The van der Waals surface area contributed by atoms with Crippen molar-refractivity contribution in [1.82, 2.24) is 9.97 Å². The number of hydrogen-bond donors (Lipinski definition) is 2. The summed E-state index contributed by atoms with van der Waals surface area (Å²) in [4.78, 5) is 7.98. The maximum absolute atomic E-state index is 13.7. The third-order valence-corrected chi connectivity index (χ3v) is 2.71. The quantitative estimate of drug-likeness (QED) is 0.884. The number of benzene rings is 1. The van der Waals surface area contributed by atoms with Gasteiger partial charge in [0.2, 0.25) is 5.95 Å². The van der Waals surface area contributed by atoms with Gasteiger partial charge in [0.05, 0.1) is 6.20 Å². The summed E-state index contributed by atoms with van der Waals surface area (Å²) in [6.45, 7) is 6.61. The molecule has 1 aromatic heterocycles. The molecule has 0 spiro atoms. The first-order valence-electron chi connectivity index (χ1n) is 6.21. The van der Waals surface area contributed by atoms with Gasteiger partial charge in [-0.2, -0.15) is 4.98 Å². The molecule has 0 aliphatic rings. The summed E-state index contributed by atoms with van der Waals surface area (Å²) in [6, 6.07) is 5.92. The predicted octanol–water partition coefficient (Wildman–Crippen LogP) is 3.41. The number of hydrogen-bond acceptors (Lipinski definition) is 4. The Morgan fingerprint density at radius 3 is 2.74 bits per heavy atom. The van der Waals surface area contributed by atoms with Crippen LogP contribution in [0, 0.1) is 19.7 Å². The highest BCUT2D eigenvalue weighted by atomic mass is 19.1. The largest absolute Gasteiger partial charge is 0.354 e. The Morgan fingerprint density at radius 1 is 1.26 bits per heavy atom. The van der Waals surface area contributed by atoms with Crippen LogP contribution in [0.2, 0.25) is 0 Å². The van der Waals surface area contributed by atoms with Gasteiger partial charge in [-0.05, 0) is 32.4 Å². The molecular weight excluding hydrogens is 243 g/mol. The highest BCUT2D eigenvalue weighted by Crippen LogP contribution is 2.22. The van der Waals surface area contributed by atoms with E-state index in [1.54, 1.807) is 0 Å². The molecule has 0 amide bonds. The molecule has 2 aromatic rings. The van der Waals surface area contributed by atoms with Gasteiger partial charge in [0.1, 0.15) is 0 Å². The van der Waals surface area contributed by atoms with Crippen LogP contribution in [0.4, 0.5) is 21.8 Å². The smallest absolute Gasteiger partial charge is 0.224 e. The van der Waals surface area contributed by atoms with Crippen molar-refractivity contribution in [2.45, 2.75) is 20.8 Å². The highest BCUT2D eigenvalue weighted by molar-refractivity contribution is 5.61. The lowest BCUT2D eigenvalue weighted by molar-refractivity contribution is 0.619. The molecule has 0 unspecified atom stereocenters. The van der Waals surface area contributed by atoms with E-state index >= 15 is 0 Å². The van der Waals surface area contributed by atoms with Gasteiger partial charge in [-0.15, -0.1) is 0 Å². The summed E-state index contributed by atoms with van der Waals surface area (Å²) in [7, 11) is 0. The van der Waals surface area contributed by atoms with Crippen LogP contribution in [0.25, 0.3) is 0 Å². The molecule has 2 N–H and O–H groups in total. The van der Waals surface area contributed by atoms with E-state index in [4.69, 9.17) is 0 Å². The van der Waals surface area contributed by atoms with Gasteiger partial charge in [-0.3, -0.25) is 0 Å². The molecule has 0 atom stereocenters. The first-order chi connectivity index (χ1) is 9.10. The van der Waals surface area contributed by atoms with Crippen molar-refractivity contribution in [3.8, 4) is 0 Å². The molecule has 1 aromatic carbocycles. The zero-order chi connectivity index (χ0) is 13.8. The highest BCUT2D eigenvalue weighted by Gasteiger charge is 2.08. The lowest BCUT2D eigenvalue weighted by Gasteiger charge is -2.11. The molecule has 2 rings (SSSR count). The van der Waals surface area contributed by atoms with Gasteiger partial charge in [0, 0.05) is 12.2 Å². The van der Waals surface area contributed by atoms with E-state index in [9.17, 15) is 4.39 Å². The van der Waals surface area contributed by atoms with Crippen molar-refractivity contribution >= 4 is 17.5 Å². The van der Waals surface area contributed by atoms with Gasteiger partial charge in [0.25, 0.3) is 0 Å². The van der Waals surface area contributed by atoms with E-state index in [0.29, 0.717) is 12.5 Å². The molecule has 0 aliphatic carbocycles. The summed E-state index contributed by atoms with van der Waals surface area (Å²) in [6.07, 6.45) is 1.16. The van der Waals surface area contributed by atoms with Crippen LogP contribution in [-0.2, 0) is 0 Å². The normalized spacial score (nSPS) is 10.3. The van der Waals surface area contributed by atoms with E-state index in [1.165, 1.54) is 5.56 Å². The summed E-state index contributed by atoms with van der Waals surface area (Å²) in [5.74, 6) is 0.121. The fraction of sp³-hybridized carbons (Fsp3) is 0.286. The Kier molecular flexibility index (Phi) is 3.94. The van der Waals surface area contributed by atoms with E-state index in [0.717, 1.165) is 17.4 Å². The van der Waals surface area contributed by atoms with Crippen LogP contribution in [0.15, 0.2) is 24.4 Å². The van der Waals surface area contributed by atoms with Crippen molar-refractivity contribution in [1.29, 1.82) is 0 Å². The minimum atomic E-state index is -0.471. The standard InChI is InChI=1S/C14H17FN4/c1-4-16-14-17-8-11(15)13(19-14)18-12-6-5-9(2)7-10(12)3/h5-8H,4H2,1-3H3,(H2,16,17,18,19). The minimum absolute atomic E-state index is 0.179. The number of nitrogens with zero attached hydrogens (tertiary/aromatic N) is 2. The summed E-state index contributed by atoms with van der Waals surface area (Å²) in [5, 5.41) is 5.96. The molecule has 0 radical (unpaired) electrons. The van der Waals surface area contributed by atoms with E-state index in [2.05, 4.69) is 20.6 Å². The zero-order valence-corrected chi connectivity index (χ0v) is 11.3. The third-order valence-electron chi connectivity index (χ3n) is 2.71. The summed E-state index contributed by atoms with van der Waals surface area (Å²) < 4.78 is 13.7. The van der Waals surface area contributed by atoms with Crippen molar-refractivity contribution < 1.29 is 4.39 Å². The van der Waals surface area contributed by atoms with Gasteiger partial charge >= 0.3 is 0 Å². The molecule has 0 aliphatic heterocycles. The Hall–Kier alpha value is -2.17.